The molecule has 0 aliphatic carbocycles. The van der Waals surface area contributed by atoms with E-state index >= 15 is 0 Å². The van der Waals surface area contributed by atoms with Gasteiger partial charge in [0.05, 0.1) is 12.4 Å². The monoisotopic (exact) mass is 308 g/mol. The Morgan fingerprint density at radius 2 is 2.00 bits per heavy atom. The number of amides is 1. The van der Waals surface area contributed by atoms with E-state index in [-0.39, 0.29) is 16.5 Å². The van der Waals surface area contributed by atoms with Crippen LogP contribution in [0.3, 0.4) is 0 Å². The van der Waals surface area contributed by atoms with Crippen molar-refractivity contribution >= 4 is 17.7 Å². The number of carbonyl (C=O) groups excluding carboxylic acids is 1. The van der Waals surface area contributed by atoms with Crippen molar-refractivity contribution < 1.29 is 9.53 Å². The topological polar surface area (TPSA) is 41.6 Å². The third-order valence-electron chi connectivity index (χ3n) is 3.55. The van der Waals surface area contributed by atoms with Gasteiger partial charge in [0.1, 0.15) is 11.1 Å². The maximum absolute atomic E-state index is 12.3. The van der Waals surface area contributed by atoms with E-state index in [2.05, 4.69) is 19.2 Å². The second-order valence-electron chi connectivity index (χ2n) is 5.54. The highest BCUT2D eigenvalue weighted by molar-refractivity contribution is 8.01. The maximum Gasteiger partial charge on any atom is 0.236 e. The minimum absolute atomic E-state index is 0.0242. The molecule has 0 spiro atoms. The SMILES string of the molecule is COc1ccc([C@H]2S[C@H](C)C(=O)N2CCNC(C)C)cc1. The summed E-state index contributed by atoms with van der Waals surface area (Å²) in [6.07, 6.45) is 0. The molecular weight excluding hydrogens is 284 g/mol. The predicted octanol–water partition coefficient (Wildman–Crippen LogP) is 2.66. The second kappa shape index (κ2) is 7.18. The summed E-state index contributed by atoms with van der Waals surface area (Å²) in [5, 5.41) is 3.50. The van der Waals surface area contributed by atoms with Gasteiger partial charge in [-0.05, 0) is 24.6 Å². The fourth-order valence-corrected chi connectivity index (χ4v) is 3.71. The van der Waals surface area contributed by atoms with Crippen LogP contribution < -0.4 is 10.1 Å². The molecule has 1 aromatic carbocycles. The van der Waals surface area contributed by atoms with Crippen LogP contribution in [0.25, 0.3) is 0 Å². The fraction of sp³-hybridized carbons (Fsp3) is 0.562. The Balaban J connectivity index is 2.09. The maximum atomic E-state index is 12.3. The first-order valence-corrected chi connectivity index (χ1v) is 8.30. The molecule has 1 aliphatic heterocycles. The molecule has 0 unspecified atom stereocenters. The van der Waals surface area contributed by atoms with Crippen LogP contribution in [0.2, 0.25) is 0 Å². The van der Waals surface area contributed by atoms with Crippen LogP contribution in [0.1, 0.15) is 31.7 Å². The number of nitrogens with zero attached hydrogens (tertiary/aromatic N) is 1. The molecule has 5 heteroatoms. The summed E-state index contributed by atoms with van der Waals surface area (Å²) in [5.74, 6) is 1.07. The Morgan fingerprint density at radius 3 is 2.57 bits per heavy atom. The van der Waals surface area contributed by atoms with Crippen molar-refractivity contribution in [3.05, 3.63) is 29.8 Å². The van der Waals surface area contributed by atoms with Gasteiger partial charge in [0.15, 0.2) is 0 Å². The molecule has 1 aliphatic rings. The molecule has 0 saturated carbocycles. The summed E-state index contributed by atoms with van der Waals surface area (Å²) < 4.78 is 5.19. The lowest BCUT2D eigenvalue weighted by Crippen LogP contribution is -2.38. The molecule has 116 valence electrons. The quantitative estimate of drug-likeness (QED) is 0.877. The van der Waals surface area contributed by atoms with Crippen molar-refractivity contribution in [2.24, 2.45) is 0 Å². The first-order valence-electron chi connectivity index (χ1n) is 7.36. The van der Waals surface area contributed by atoms with Crippen LogP contribution in [0.15, 0.2) is 24.3 Å². The average Bonchev–Trinajstić information content (AvgIpc) is 2.75. The van der Waals surface area contributed by atoms with Gasteiger partial charge in [0.2, 0.25) is 5.91 Å². The minimum Gasteiger partial charge on any atom is -0.497 e. The van der Waals surface area contributed by atoms with E-state index in [1.54, 1.807) is 18.9 Å². The van der Waals surface area contributed by atoms with E-state index in [1.807, 2.05) is 36.1 Å². The zero-order valence-corrected chi connectivity index (χ0v) is 13.9. The standard InChI is InChI=1S/C16H24N2O2S/c1-11(2)17-9-10-18-15(19)12(3)21-16(18)13-5-7-14(20-4)8-6-13/h5-8,11-12,16-17H,9-10H2,1-4H3/t12-,16-/m1/s1. The van der Waals surface area contributed by atoms with E-state index in [0.717, 1.165) is 24.4 Å². The number of thioether (sulfide) groups is 1. The van der Waals surface area contributed by atoms with Gasteiger partial charge in [-0.15, -0.1) is 11.8 Å². The van der Waals surface area contributed by atoms with Crippen molar-refractivity contribution in [3.63, 3.8) is 0 Å². The van der Waals surface area contributed by atoms with E-state index in [4.69, 9.17) is 4.74 Å². The third kappa shape index (κ3) is 3.92. The van der Waals surface area contributed by atoms with Gasteiger partial charge >= 0.3 is 0 Å². The molecule has 0 radical (unpaired) electrons. The lowest BCUT2D eigenvalue weighted by molar-refractivity contribution is -0.129. The second-order valence-corrected chi connectivity index (χ2v) is 6.97. The van der Waals surface area contributed by atoms with Crippen molar-refractivity contribution in [1.29, 1.82) is 0 Å². The number of methoxy groups -OCH3 is 1. The number of rotatable bonds is 6. The van der Waals surface area contributed by atoms with Gasteiger partial charge in [-0.25, -0.2) is 0 Å². The predicted molar refractivity (Wildman–Crippen MR) is 87.6 cm³/mol. The molecule has 1 amide bonds. The van der Waals surface area contributed by atoms with Gasteiger partial charge in [0, 0.05) is 19.1 Å². The number of hydrogen-bond acceptors (Lipinski definition) is 4. The minimum atomic E-state index is 0.0242. The molecule has 1 saturated heterocycles. The van der Waals surface area contributed by atoms with Crippen LogP contribution in [-0.4, -0.2) is 42.3 Å². The van der Waals surface area contributed by atoms with Gasteiger partial charge in [-0.1, -0.05) is 26.0 Å². The first kappa shape index (κ1) is 16.2. The number of nitrogens with one attached hydrogen (secondary N) is 1. The third-order valence-corrected chi connectivity index (χ3v) is 4.95. The van der Waals surface area contributed by atoms with Gasteiger partial charge in [-0.3, -0.25) is 4.79 Å². The highest BCUT2D eigenvalue weighted by Crippen LogP contribution is 2.42. The van der Waals surface area contributed by atoms with Crippen LogP contribution >= 0.6 is 11.8 Å². The van der Waals surface area contributed by atoms with E-state index in [1.165, 1.54) is 0 Å². The van der Waals surface area contributed by atoms with Crippen molar-refractivity contribution in [3.8, 4) is 5.75 Å². The molecule has 2 atom stereocenters. The molecule has 0 aromatic heterocycles. The zero-order chi connectivity index (χ0) is 15.4. The lowest BCUT2D eigenvalue weighted by atomic mass is 10.2. The molecule has 21 heavy (non-hydrogen) atoms. The number of carbonyl (C=O) groups is 1. The zero-order valence-electron chi connectivity index (χ0n) is 13.1. The van der Waals surface area contributed by atoms with Gasteiger partial charge < -0.3 is 15.0 Å². The van der Waals surface area contributed by atoms with Crippen LogP contribution in [0, 0.1) is 0 Å². The van der Waals surface area contributed by atoms with Crippen molar-refractivity contribution in [2.45, 2.75) is 37.4 Å². The highest BCUT2D eigenvalue weighted by atomic mass is 32.2. The number of ether oxygens (including phenoxy) is 1. The molecule has 4 nitrogen and oxygen atoms in total. The van der Waals surface area contributed by atoms with Gasteiger partial charge in [-0.2, -0.15) is 0 Å². The molecule has 2 rings (SSSR count). The van der Waals surface area contributed by atoms with Crippen molar-refractivity contribution in [2.75, 3.05) is 20.2 Å². The average molecular weight is 308 g/mol. The molecule has 1 fully saturated rings. The summed E-state index contributed by atoms with van der Waals surface area (Å²) in [7, 11) is 1.66. The summed E-state index contributed by atoms with van der Waals surface area (Å²) >= 11 is 1.71. The molecule has 0 bridgehead atoms. The van der Waals surface area contributed by atoms with Gasteiger partial charge in [0.25, 0.3) is 0 Å². The van der Waals surface area contributed by atoms with E-state index in [0.29, 0.717) is 6.04 Å². The van der Waals surface area contributed by atoms with E-state index < -0.39 is 0 Å². The summed E-state index contributed by atoms with van der Waals surface area (Å²) in [4.78, 5) is 14.3. The Kier molecular flexibility index (Phi) is 5.53. The lowest BCUT2D eigenvalue weighted by Gasteiger charge is -2.25. The smallest absolute Gasteiger partial charge is 0.236 e. The summed E-state index contributed by atoms with van der Waals surface area (Å²) in [6.45, 7) is 7.78. The Morgan fingerprint density at radius 1 is 1.33 bits per heavy atom. The Hall–Kier alpha value is -1.20. The largest absolute Gasteiger partial charge is 0.497 e. The van der Waals surface area contributed by atoms with E-state index in [9.17, 15) is 4.79 Å². The van der Waals surface area contributed by atoms with Crippen LogP contribution in [0.4, 0.5) is 0 Å². The normalized spacial score (nSPS) is 22.1. The summed E-state index contributed by atoms with van der Waals surface area (Å²) in [6, 6.07) is 8.43. The van der Waals surface area contributed by atoms with Crippen LogP contribution in [0.5, 0.6) is 5.75 Å². The molecule has 1 aromatic rings. The van der Waals surface area contributed by atoms with Crippen molar-refractivity contribution in [1.82, 2.24) is 10.2 Å². The molecule has 1 N–H and O–H groups in total. The number of benzene rings is 1. The molecular formula is C16H24N2O2S. The summed E-state index contributed by atoms with van der Waals surface area (Å²) in [5.41, 5.74) is 1.16. The number of hydrogen-bond donors (Lipinski definition) is 1. The van der Waals surface area contributed by atoms with Crippen LogP contribution in [-0.2, 0) is 4.79 Å². The Labute approximate surface area is 131 Å². The first-order chi connectivity index (χ1) is 10.0. The highest BCUT2D eigenvalue weighted by Gasteiger charge is 2.37. The molecule has 1 heterocycles. The fourth-order valence-electron chi connectivity index (χ4n) is 2.40. The Bertz CT molecular complexity index is 476.